The van der Waals surface area contributed by atoms with Crippen LogP contribution in [-0.2, 0) is 16.8 Å². The molecule has 2 fully saturated rings. The lowest BCUT2D eigenvalue weighted by molar-refractivity contribution is -0.121. The number of rotatable bonds is 7. The number of piperidine rings is 1. The van der Waals surface area contributed by atoms with Crippen molar-refractivity contribution in [2.24, 2.45) is 0 Å². The summed E-state index contributed by atoms with van der Waals surface area (Å²) in [7, 11) is 1.70. The van der Waals surface area contributed by atoms with Crippen molar-refractivity contribution < 1.29 is 9.59 Å². The SMILES string of the molecule is CNC(=O)C[C@H]1CCCN1C1CCN(C(=O)c2ncnc(NCc3ccc(C(C)(C)C)cc3)c2C)CC1. The first-order valence-corrected chi connectivity index (χ1v) is 13.6. The third-order valence-corrected chi connectivity index (χ3v) is 7.91. The van der Waals surface area contributed by atoms with Crippen LogP contribution in [0.2, 0.25) is 0 Å². The summed E-state index contributed by atoms with van der Waals surface area (Å²) < 4.78 is 0. The monoisotopic (exact) mass is 506 g/mol. The molecule has 200 valence electrons. The van der Waals surface area contributed by atoms with Crippen molar-refractivity contribution in [3.8, 4) is 0 Å². The molecule has 8 heteroatoms. The van der Waals surface area contributed by atoms with Crippen LogP contribution in [-0.4, -0.2) is 70.3 Å². The van der Waals surface area contributed by atoms with Crippen molar-refractivity contribution in [2.75, 3.05) is 32.0 Å². The van der Waals surface area contributed by atoms with Crippen LogP contribution in [0.25, 0.3) is 0 Å². The first kappa shape index (κ1) is 27.0. The van der Waals surface area contributed by atoms with E-state index in [1.54, 1.807) is 7.05 Å². The Balaban J connectivity index is 1.34. The largest absolute Gasteiger partial charge is 0.366 e. The van der Waals surface area contributed by atoms with E-state index in [1.807, 2.05) is 11.8 Å². The number of amides is 2. The van der Waals surface area contributed by atoms with E-state index in [0.717, 1.165) is 43.4 Å². The van der Waals surface area contributed by atoms with Crippen LogP contribution in [0.15, 0.2) is 30.6 Å². The van der Waals surface area contributed by atoms with Crippen LogP contribution in [0, 0.1) is 6.92 Å². The highest BCUT2D eigenvalue weighted by Crippen LogP contribution is 2.29. The van der Waals surface area contributed by atoms with E-state index < -0.39 is 0 Å². The number of hydrogen-bond acceptors (Lipinski definition) is 6. The highest BCUT2D eigenvalue weighted by Gasteiger charge is 2.35. The van der Waals surface area contributed by atoms with Crippen LogP contribution in [0.5, 0.6) is 0 Å². The third kappa shape index (κ3) is 6.47. The molecule has 2 aliphatic rings. The van der Waals surface area contributed by atoms with Gasteiger partial charge in [0.15, 0.2) is 0 Å². The van der Waals surface area contributed by atoms with E-state index in [4.69, 9.17) is 0 Å². The fourth-order valence-corrected chi connectivity index (χ4v) is 5.58. The van der Waals surface area contributed by atoms with E-state index in [1.165, 1.54) is 11.9 Å². The average molecular weight is 507 g/mol. The van der Waals surface area contributed by atoms with Crippen LogP contribution < -0.4 is 10.6 Å². The van der Waals surface area contributed by atoms with Crippen molar-refractivity contribution in [1.82, 2.24) is 25.1 Å². The Morgan fingerprint density at radius 3 is 2.38 bits per heavy atom. The maximum Gasteiger partial charge on any atom is 0.272 e. The Labute approximate surface area is 221 Å². The Morgan fingerprint density at radius 2 is 1.73 bits per heavy atom. The molecule has 1 aromatic carbocycles. The van der Waals surface area contributed by atoms with Gasteiger partial charge in [-0.2, -0.15) is 0 Å². The molecule has 0 saturated carbocycles. The third-order valence-electron chi connectivity index (χ3n) is 7.91. The van der Waals surface area contributed by atoms with E-state index in [-0.39, 0.29) is 17.2 Å². The number of aromatic nitrogens is 2. The molecule has 2 aromatic rings. The molecule has 2 aliphatic heterocycles. The van der Waals surface area contributed by atoms with Gasteiger partial charge in [-0.05, 0) is 55.7 Å². The number of benzene rings is 1. The summed E-state index contributed by atoms with van der Waals surface area (Å²) >= 11 is 0. The molecule has 0 unspecified atom stereocenters. The van der Waals surface area contributed by atoms with Crippen molar-refractivity contribution in [2.45, 2.75) is 83.8 Å². The molecule has 0 aliphatic carbocycles. The molecule has 0 radical (unpaired) electrons. The van der Waals surface area contributed by atoms with E-state index in [0.29, 0.717) is 49.7 Å². The zero-order valence-corrected chi connectivity index (χ0v) is 23.0. The second-order valence-electron chi connectivity index (χ2n) is 11.4. The topological polar surface area (TPSA) is 90.5 Å². The molecule has 37 heavy (non-hydrogen) atoms. The van der Waals surface area contributed by atoms with Gasteiger partial charge in [-0.3, -0.25) is 14.5 Å². The Kier molecular flexibility index (Phi) is 8.47. The van der Waals surface area contributed by atoms with Crippen LogP contribution in [0.4, 0.5) is 5.82 Å². The second-order valence-corrected chi connectivity index (χ2v) is 11.4. The summed E-state index contributed by atoms with van der Waals surface area (Å²) in [5, 5.41) is 6.15. The molecule has 0 spiro atoms. The fraction of sp³-hybridized carbons (Fsp3) is 0.586. The Hall–Kier alpha value is -3.00. The van der Waals surface area contributed by atoms with Gasteiger partial charge in [-0.25, -0.2) is 9.97 Å². The van der Waals surface area contributed by atoms with Crippen LogP contribution in [0.1, 0.15) is 80.1 Å². The molecular formula is C29H42N6O2. The smallest absolute Gasteiger partial charge is 0.272 e. The average Bonchev–Trinajstić information content (AvgIpc) is 3.35. The molecule has 4 rings (SSSR count). The van der Waals surface area contributed by atoms with Crippen LogP contribution >= 0.6 is 0 Å². The number of nitrogens with one attached hydrogen (secondary N) is 2. The van der Waals surface area contributed by atoms with Gasteiger partial charge in [-0.1, -0.05) is 45.0 Å². The first-order chi connectivity index (χ1) is 17.7. The second kappa shape index (κ2) is 11.6. The van der Waals surface area contributed by atoms with Gasteiger partial charge >= 0.3 is 0 Å². The summed E-state index contributed by atoms with van der Waals surface area (Å²) in [5.74, 6) is 0.775. The van der Waals surface area contributed by atoms with Crippen molar-refractivity contribution in [1.29, 1.82) is 0 Å². The quantitative estimate of drug-likeness (QED) is 0.592. The molecule has 2 amide bonds. The lowest BCUT2D eigenvalue weighted by Gasteiger charge is -2.39. The van der Waals surface area contributed by atoms with Gasteiger partial charge in [-0.15, -0.1) is 0 Å². The lowest BCUT2D eigenvalue weighted by atomic mass is 9.87. The van der Waals surface area contributed by atoms with Gasteiger partial charge in [0.25, 0.3) is 5.91 Å². The highest BCUT2D eigenvalue weighted by molar-refractivity contribution is 5.94. The van der Waals surface area contributed by atoms with Crippen LogP contribution in [0.3, 0.4) is 0 Å². The predicted octanol–water partition coefficient (Wildman–Crippen LogP) is 3.90. The first-order valence-electron chi connectivity index (χ1n) is 13.6. The van der Waals surface area contributed by atoms with Gasteiger partial charge < -0.3 is 15.5 Å². The van der Waals surface area contributed by atoms with Gasteiger partial charge in [0.1, 0.15) is 17.8 Å². The maximum atomic E-state index is 13.4. The zero-order valence-electron chi connectivity index (χ0n) is 23.0. The summed E-state index contributed by atoms with van der Waals surface area (Å²) in [5.41, 5.74) is 3.85. The summed E-state index contributed by atoms with van der Waals surface area (Å²) in [6.07, 6.45) is 6.10. The number of anilines is 1. The molecule has 0 bridgehead atoms. The van der Waals surface area contributed by atoms with Crippen molar-refractivity contribution in [3.05, 3.63) is 53.0 Å². The number of carbonyl (C=O) groups excluding carboxylic acids is 2. The molecular weight excluding hydrogens is 464 g/mol. The Morgan fingerprint density at radius 1 is 1.03 bits per heavy atom. The summed E-state index contributed by atoms with van der Waals surface area (Å²) in [6.45, 7) is 11.6. The van der Waals surface area contributed by atoms with E-state index in [2.05, 4.69) is 70.5 Å². The molecule has 1 atom stereocenters. The minimum absolute atomic E-state index is 0.0285. The highest BCUT2D eigenvalue weighted by atomic mass is 16.2. The van der Waals surface area contributed by atoms with Gasteiger partial charge in [0.05, 0.1) is 0 Å². The standard InChI is InChI=1S/C29H42N6O2/c1-20-26(32-19-33-27(20)31-18-21-8-10-22(11-9-21)29(2,3)4)28(37)34-15-12-23(13-16-34)35-14-6-7-24(35)17-25(36)30-5/h8-11,19,23-24H,6-7,12-18H2,1-5H3,(H,30,36)(H,31,32,33)/t24-/m1/s1. The minimum atomic E-state index is -0.0285. The predicted molar refractivity (Wildman–Crippen MR) is 147 cm³/mol. The number of nitrogens with zero attached hydrogens (tertiary/aromatic N) is 4. The van der Waals surface area contributed by atoms with Gasteiger partial charge in [0.2, 0.25) is 5.91 Å². The fourth-order valence-electron chi connectivity index (χ4n) is 5.58. The van der Waals surface area contributed by atoms with E-state index in [9.17, 15) is 9.59 Å². The molecule has 2 N–H and O–H groups in total. The molecule has 1 aromatic heterocycles. The Bertz CT molecular complexity index is 1090. The lowest BCUT2D eigenvalue weighted by Crippen LogP contribution is -2.49. The molecule has 2 saturated heterocycles. The number of likely N-dealkylation sites (tertiary alicyclic amines) is 2. The number of carbonyl (C=O) groups is 2. The summed E-state index contributed by atoms with van der Waals surface area (Å²) in [4.78, 5) is 38.5. The normalized spacial score (nSPS) is 19.2. The van der Waals surface area contributed by atoms with Gasteiger partial charge in [0, 0.05) is 50.7 Å². The number of hydrogen-bond donors (Lipinski definition) is 2. The maximum absolute atomic E-state index is 13.4. The van der Waals surface area contributed by atoms with E-state index >= 15 is 0 Å². The van der Waals surface area contributed by atoms with Crippen molar-refractivity contribution >= 4 is 17.6 Å². The summed E-state index contributed by atoms with van der Waals surface area (Å²) in [6, 6.07) is 9.36. The zero-order chi connectivity index (χ0) is 26.6. The van der Waals surface area contributed by atoms with Crippen molar-refractivity contribution in [3.63, 3.8) is 0 Å². The minimum Gasteiger partial charge on any atom is -0.366 e. The molecule has 8 nitrogen and oxygen atoms in total. The molecule has 3 heterocycles.